The molecule has 0 spiro atoms. The summed E-state index contributed by atoms with van der Waals surface area (Å²) in [5, 5.41) is 12.2. The number of aliphatic hydroxyl groups excluding tert-OH is 1. The molecule has 12 heavy (non-hydrogen) atoms. The first-order chi connectivity index (χ1) is 5.72. The number of hydrogen-bond acceptors (Lipinski definition) is 3. The Labute approximate surface area is 72.6 Å². The van der Waals surface area contributed by atoms with E-state index in [9.17, 15) is 4.79 Å². The van der Waals surface area contributed by atoms with Crippen LogP contribution in [-0.4, -0.2) is 48.2 Å². The summed E-state index contributed by atoms with van der Waals surface area (Å²) in [5.74, 6) is -0.154. The van der Waals surface area contributed by atoms with E-state index in [1.54, 1.807) is 4.90 Å². The minimum atomic E-state index is -0.858. The lowest BCUT2D eigenvalue weighted by Gasteiger charge is -2.21. The molecule has 1 atom stereocenters. The maximum absolute atomic E-state index is 11.3. The van der Waals surface area contributed by atoms with Crippen LogP contribution in [0.3, 0.4) is 0 Å². The van der Waals surface area contributed by atoms with Gasteiger partial charge in [-0.2, -0.15) is 0 Å². The fourth-order valence-corrected chi connectivity index (χ4v) is 1.33. The van der Waals surface area contributed by atoms with E-state index in [1.807, 2.05) is 0 Å². The molecule has 0 saturated carbocycles. The first-order valence-electron chi connectivity index (χ1n) is 4.39. The lowest BCUT2D eigenvalue weighted by Crippen LogP contribution is -2.39. The number of carbonyl (C=O) groups excluding carboxylic acids is 1. The van der Waals surface area contributed by atoms with Crippen molar-refractivity contribution in [1.82, 2.24) is 10.2 Å². The van der Waals surface area contributed by atoms with Crippen molar-refractivity contribution in [1.29, 1.82) is 0 Å². The van der Waals surface area contributed by atoms with Gasteiger partial charge >= 0.3 is 0 Å². The van der Waals surface area contributed by atoms with E-state index in [-0.39, 0.29) is 5.91 Å². The molecule has 0 aromatic carbocycles. The first kappa shape index (κ1) is 9.48. The quantitative estimate of drug-likeness (QED) is 0.544. The largest absolute Gasteiger partial charge is 0.384 e. The Balaban J connectivity index is 2.43. The molecule has 0 aliphatic carbocycles. The van der Waals surface area contributed by atoms with Crippen molar-refractivity contribution in [3.05, 3.63) is 0 Å². The predicted octanol–water partition coefficient (Wildman–Crippen LogP) is -0.811. The van der Waals surface area contributed by atoms with Crippen LogP contribution in [0.5, 0.6) is 0 Å². The minimum Gasteiger partial charge on any atom is -0.384 e. The molecule has 1 fully saturated rings. The molecular weight excluding hydrogens is 156 g/mol. The smallest absolute Gasteiger partial charge is 0.251 e. The van der Waals surface area contributed by atoms with Gasteiger partial charge < -0.3 is 15.3 Å². The Morgan fingerprint density at radius 3 is 2.92 bits per heavy atom. The molecule has 0 aromatic heterocycles. The van der Waals surface area contributed by atoms with Crippen LogP contribution in [0.15, 0.2) is 0 Å². The highest BCUT2D eigenvalue weighted by molar-refractivity contribution is 5.80. The predicted molar refractivity (Wildman–Crippen MR) is 45.7 cm³/mol. The standard InChI is InChI=1S/C8H16N2O2/c1-7(11)8(12)10-5-2-3-9-4-6-10/h7,9,11H,2-6H2,1H3/t7-/m0/s1. The zero-order valence-corrected chi connectivity index (χ0v) is 7.42. The van der Waals surface area contributed by atoms with E-state index in [0.29, 0.717) is 6.54 Å². The Bertz CT molecular complexity index is 151. The molecule has 1 aliphatic rings. The Kier molecular flexibility index (Phi) is 3.49. The number of hydrogen-bond donors (Lipinski definition) is 2. The Morgan fingerprint density at radius 1 is 1.50 bits per heavy atom. The third-order valence-corrected chi connectivity index (χ3v) is 2.01. The fourth-order valence-electron chi connectivity index (χ4n) is 1.33. The fraction of sp³-hybridized carbons (Fsp3) is 0.875. The monoisotopic (exact) mass is 172 g/mol. The molecule has 0 unspecified atom stereocenters. The molecule has 1 amide bonds. The highest BCUT2D eigenvalue weighted by atomic mass is 16.3. The van der Waals surface area contributed by atoms with Crippen LogP contribution < -0.4 is 5.32 Å². The number of aliphatic hydroxyl groups is 1. The van der Waals surface area contributed by atoms with Gasteiger partial charge in [-0.25, -0.2) is 0 Å². The molecule has 0 radical (unpaired) electrons. The Hall–Kier alpha value is -0.610. The van der Waals surface area contributed by atoms with Crippen LogP contribution in [-0.2, 0) is 4.79 Å². The van der Waals surface area contributed by atoms with Crippen molar-refractivity contribution in [3.63, 3.8) is 0 Å². The summed E-state index contributed by atoms with van der Waals surface area (Å²) in [6.45, 7) is 4.78. The lowest BCUT2D eigenvalue weighted by molar-refractivity contribution is -0.139. The van der Waals surface area contributed by atoms with Crippen molar-refractivity contribution >= 4 is 5.91 Å². The van der Waals surface area contributed by atoms with Crippen LogP contribution in [0.4, 0.5) is 0 Å². The van der Waals surface area contributed by atoms with Crippen LogP contribution >= 0.6 is 0 Å². The van der Waals surface area contributed by atoms with E-state index in [1.165, 1.54) is 6.92 Å². The van der Waals surface area contributed by atoms with Crippen LogP contribution in [0, 0.1) is 0 Å². The van der Waals surface area contributed by atoms with Gasteiger partial charge in [0.25, 0.3) is 5.91 Å². The minimum absolute atomic E-state index is 0.154. The first-order valence-corrected chi connectivity index (χ1v) is 4.39. The summed E-state index contributed by atoms with van der Waals surface area (Å²) in [7, 11) is 0. The van der Waals surface area contributed by atoms with Gasteiger partial charge in [-0.1, -0.05) is 0 Å². The molecule has 1 heterocycles. The number of nitrogens with zero attached hydrogens (tertiary/aromatic N) is 1. The maximum Gasteiger partial charge on any atom is 0.251 e. The van der Waals surface area contributed by atoms with Crippen molar-refractivity contribution in [2.75, 3.05) is 26.2 Å². The van der Waals surface area contributed by atoms with Crippen LogP contribution in [0.1, 0.15) is 13.3 Å². The normalized spacial score (nSPS) is 21.7. The maximum atomic E-state index is 11.3. The topological polar surface area (TPSA) is 52.6 Å². The second kappa shape index (κ2) is 4.42. The van der Waals surface area contributed by atoms with E-state index in [0.717, 1.165) is 26.1 Å². The highest BCUT2D eigenvalue weighted by Crippen LogP contribution is 1.98. The van der Waals surface area contributed by atoms with Gasteiger partial charge in [-0.15, -0.1) is 0 Å². The molecule has 4 heteroatoms. The van der Waals surface area contributed by atoms with Crippen LogP contribution in [0.25, 0.3) is 0 Å². The third kappa shape index (κ3) is 2.46. The molecule has 1 aliphatic heterocycles. The van der Waals surface area contributed by atoms with Crippen molar-refractivity contribution in [2.24, 2.45) is 0 Å². The average molecular weight is 172 g/mol. The highest BCUT2D eigenvalue weighted by Gasteiger charge is 2.18. The van der Waals surface area contributed by atoms with Gasteiger partial charge in [-0.05, 0) is 19.9 Å². The molecule has 4 nitrogen and oxygen atoms in total. The summed E-state index contributed by atoms with van der Waals surface area (Å²) in [6, 6.07) is 0. The second-order valence-corrected chi connectivity index (χ2v) is 3.10. The van der Waals surface area contributed by atoms with Crippen LogP contribution in [0.2, 0.25) is 0 Å². The molecule has 1 rings (SSSR count). The van der Waals surface area contributed by atoms with E-state index >= 15 is 0 Å². The molecule has 2 N–H and O–H groups in total. The summed E-state index contributed by atoms with van der Waals surface area (Å²) in [4.78, 5) is 13.0. The lowest BCUT2D eigenvalue weighted by atomic mass is 10.3. The van der Waals surface area contributed by atoms with Gasteiger partial charge in [0.05, 0.1) is 0 Å². The summed E-state index contributed by atoms with van der Waals surface area (Å²) in [5.41, 5.74) is 0. The number of nitrogens with one attached hydrogen (secondary N) is 1. The van der Waals surface area contributed by atoms with Crippen molar-refractivity contribution in [2.45, 2.75) is 19.4 Å². The number of carbonyl (C=O) groups is 1. The number of amides is 1. The molecule has 1 saturated heterocycles. The molecule has 70 valence electrons. The van der Waals surface area contributed by atoms with E-state index in [2.05, 4.69) is 5.32 Å². The number of rotatable bonds is 1. The summed E-state index contributed by atoms with van der Waals surface area (Å²) in [6.07, 6.45) is 0.112. The Morgan fingerprint density at radius 2 is 2.25 bits per heavy atom. The average Bonchev–Trinajstić information content (AvgIpc) is 2.30. The van der Waals surface area contributed by atoms with Crippen molar-refractivity contribution < 1.29 is 9.90 Å². The summed E-state index contributed by atoms with van der Waals surface area (Å²) >= 11 is 0. The molecule has 0 aromatic rings. The zero-order valence-electron chi connectivity index (χ0n) is 7.42. The van der Waals surface area contributed by atoms with Gasteiger partial charge in [0.15, 0.2) is 0 Å². The SMILES string of the molecule is C[C@H](O)C(=O)N1CCCNCC1. The summed E-state index contributed by atoms with van der Waals surface area (Å²) < 4.78 is 0. The van der Waals surface area contributed by atoms with Gasteiger partial charge in [0.2, 0.25) is 0 Å². The molecule has 0 bridgehead atoms. The third-order valence-electron chi connectivity index (χ3n) is 2.01. The van der Waals surface area contributed by atoms with Gasteiger partial charge in [0.1, 0.15) is 6.10 Å². The van der Waals surface area contributed by atoms with Gasteiger partial charge in [-0.3, -0.25) is 4.79 Å². The molecular formula is C8H16N2O2. The van der Waals surface area contributed by atoms with Gasteiger partial charge in [0, 0.05) is 19.6 Å². The van der Waals surface area contributed by atoms with E-state index < -0.39 is 6.10 Å². The second-order valence-electron chi connectivity index (χ2n) is 3.10. The zero-order chi connectivity index (χ0) is 8.97. The van der Waals surface area contributed by atoms with Crippen molar-refractivity contribution in [3.8, 4) is 0 Å². The van der Waals surface area contributed by atoms with E-state index in [4.69, 9.17) is 5.11 Å².